The van der Waals surface area contributed by atoms with Gasteiger partial charge >= 0.3 is 5.97 Å². The maximum absolute atomic E-state index is 12.5. The van der Waals surface area contributed by atoms with E-state index in [1.165, 1.54) is 4.68 Å². The molecule has 0 aliphatic carbocycles. The number of hydrogen-bond acceptors (Lipinski definition) is 6. The largest absolute Gasteiger partial charge is 0.451 e. The zero-order valence-electron chi connectivity index (χ0n) is 15.2. The van der Waals surface area contributed by atoms with E-state index in [0.717, 1.165) is 18.4 Å². The molecule has 0 aliphatic rings. The predicted molar refractivity (Wildman–Crippen MR) is 96.6 cm³/mol. The Bertz CT molecular complexity index is 770. The Morgan fingerprint density at radius 3 is 2.65 bits per heavy atom. The fourth-order valence-electron chi connectivity index (χ4n) is 2.39. The zero-order chi connectivity index (χ0) is 18.9. The molecule has 1 aromatic carbocycles. The molecule has 0 saturated heterocycles. The fraction of sp³-hybridized carbons (Fsp3) is 0.389. The number of tetrazole rings is 1. The Labute approximate surface area is 152 Å². The molecule has 8 nitrogen and oxygen atoms in total. The molecule has 1 N–H and O–H groups in total. The first-order valence-corrected chi connectivity index (χ1v) is 8.49. The number of nitrogens with one attached hydrogen (secondary N) is 1. The van der Waals surface area contributed by atoms with Crippen LogP contribution in [0.3, 0.4) is 0 Å². The smallest absolute Gasteiger partial charge is 0.357 e. The van der Waals surface area contributed by atoms with Gasteiger partial charge in [0.25, 0.3) is 5.91 Å². The van der Waals surface area contributed by atoms with Gasteiger partial charge in [-0.3, -0.25) is 4.79 Å². The van der Waals surface area contributed by atoms with Gasteiger partial charge in [0.15, 0.2) is 18.1 Å². The van der Waals surface area contributed by atoms with E-state index in [2.05, 4.69) is 20.8 Å². The number of carbonyl (C=O) groups excluding carboxylic acids is 2. The molecule has 1 heterocycles. The molecule has 1 atom stereocenters. The number of aryl methyl sites for hydroxylation is 1. The van der Waals surface area contributed by atoms with Crippen LogP contribution >= 0.6 is 0 Å². The van der Waals surface area contributed by atoms with Gasteiger partial charge in [0.1, 0.15) is 0 Å². The van der Waals surface area contributed by atoms with E-state index in [0.29, 0.717) is 5.82 Å². The van der Waals surface area contributed by atoms with Gasteiger partial charge in [-0.25, -0.2) is 4.79 Å². The third-order valence-electron chi connectivity index (χ3n) is 3.63. The van der Waals surface area contributed by atoms with Crippen LogP contribution in [0.15, 0.2) is 30.3 Å². The molecule has 138 valence electrons. The number of ether oxygens (including phenoxy) is 1. The predicted octanol–water partition coefficient (Wildman–Crippen LogP) is 1.83. The highest BCUT2D eigenvalue weighted by Gasteiger charge is 2.19. The summed E-state index contributed by atoms with van der Waals surface area (Å²) in [5.41, 5.74) is 0.920. The molecule has 0 spiro atoms. The van der Waals surface area contributed by atoms with Crippen LogP contribution < -0.4 is 5.32 Å². The Kier molecular flexibility index (Phi) is 7.02. The van der Waals surface area contributed by atoms with Crippen molar-refractivity contribution in [2.75, 3.05) is 6.61 Å². The van der Waals surface area contributed by atoms with Gasteiger partial charge in [-0.1, -0.05) is 43.7 Å². The van der Waals surface area contributed by atoms with Crippen molar-refractivity contribution in [2.24, 2.45) is 0 Å². The monoisotopic (exact) mass is 357 g/mol. The van der Waals surface area contributed by atoms with E-state index in [-0.39, 0.29) is 24.3 Å². The van der Waals surface area contributed by atoms with E-state index in [4.69, 9.17) is 4.74 Å². The molecule has 1 amide bonds. The third-order valence-corrected chi connectivity index (χ3v) is 3.63. The number of nitrogens with zero attached hydrogens (tertiary/aromatic N) is 4. The van der Waals surface area contributed by atoms with Crippen LogP contribution in [-0.2, 0) is 14.3 Å². The Morgan fingerprint density at radius 1 is 1.31 bits per heavy atom. The summed E-state index contributed by atoms with van der Waals surface area (Å²) in [5, 5.41) is 14.0. The summed E-state index contributed by atoms with van der Waals surface area (Å²) in [6.07, 6.45) is 3.44. The molecule has 2 aromatic rings. The summed E-state index contributed by atoms with van der Waals surface area (Å²) in [6, 6.07) is 9.29. The highest BCUT2D eigenvalue weighted by Crippen LogP contribution is 2.13. The van der Waals surface area contributed by atoms with Crippen molar-refractivity contribution in [2.45, 2.75) is 39.7 Å². The lowest BCUT2D eigenvalue weighted by Crippen LogP contribution is -2.36. The van der Waals surface area contributed by atoms with Crippen molar-refractivity contribution < 1.29 is 14.3 Å². The Morgan fingerprint density at radius 2 is 2.04 bits per heavy atom. The van der Waals surface area contributed by atoms with Crippen molar-refractivity contribution in [1.82, 2.24) is 25.5 Å². The van der Waals surface area contributed by atoms with Gasteiger partial charge in [-0.15, -0.1) is 5.10 Å². The first kappa shape index (κ1) is 19.3. The van der Waals surface area contributed by atoms with Gasteiger partial charge in [0, 0.05) is 6.04 Å². The van der Waals surface area contributed by atoms with E-state index < -0.39 is 5.97 Å². The summed E-state index contributed by atoms with van der Waals surface area (Å²) in [7, 11) is 0. The van der Waals surface area contributed by atoms with E-state index in [1.807, 2.05) is 44.2 Å². The van der Waals surface area contributed by atoms with Gasteiger partial charge in [0.05, 0.1) is 0 Å². The van der Waals surface area contributed by atoms with E-state index in [9.17, 15) is 9.59 Å². The second kappa shape index (κ2) is 9.45. The number of rotatable bonds is 8. The molecule has 8 heteroatoms. The summed E-state index contributed by atoms with van der Waals surface area (Å²) in [4.78, 5) is 24.4. The number of hydrogen-bond donors (Lipinski definition) is 1. The molecule has 0 unspecified atom stereocenters. The van der Waals surface area contributed by atoms with Crippen LogP contribution in [0.4, 0.5) is 0 Å². The van der Waals surface area contributed by atoms with Crippen molar-refractivity contribution in [3.8, 4) is 0 Å². The molecular weight excluding hydrogens is 334 g/mol. The average molecular weight is 357 g/mol. The second-order valence-corrected chi connectivity index (χ2v) is 5.91. The fourth-order valence-corrected chi connectivity index (χ4v) is 2.39. The molecule has 2 rings (SSSR count). The van der Waals surface area contributed by atoms with Crippen LogP contribution in [0.25, 0.3) is 11.8 Å². The molecule has 0 saturated carbocycles. The third kappa shape index (κ3) is 5.51. The van der Waals surface area contributed by atoms with Crippen molar-refractivity contribution in [1.29, 1.82) is 0 Å². The first-order chi connectivity index (χ1) is 12.5. The van der Waals surface area contributed by atoms with Crippen LogP contribution in [0.2, 0.25) is 0 Å². The van der Waals surface area contributed by atoms with Crippen LogP contribution in [0.5, 0.6) is 0 Å². The zero-order valence-corrected chi connectivity index (χ0v) is 15.2. The van der Waals surface area contributed by atoms with Gasteiger partial charge in [-0.2, -0.15) is 4.68 Å². The quantitative estimate of drug-likeness (QED) is 0.571. The molecule has 26 heavy (non-hydrogen) atoms. The molecule has 0 fully saturated rings. The number of aromatic nitrogens is 4. The average Bonchev–Trinajstić information content (AvgIpc) is 3.04. The maximum Gasteiger partial charge on any atom is 0.357 e. The molecule has 1 aromatic heterocycles. The number of benzene rings is 1. The second-order valence-electron chi connectivity index (χ2n) is 5.91. The van der Waals surface area contributed by atoms with Crippen molar-refractivity contribution in [3.05, 3.63) is 41.7 Å². The van der Waals surface area contributed by atoms with Gasteiger partial charge in [0.2, 0.25) is 0 Å². The molecule has 0 radical (unpaired) electrons. The standard InChI is InChI=1S/C18H23N5O3/c1-4-8-13(2)19-17(24)12-26-18(25)16(23-14(3)20-21-22-23)11-15-9-6-5-7-10-15/h5-7,9-11,13H,4,8,12H2,1-3H3,(H,19,24)/b16-11-/t13-/m0/s1. The van der Waals surface area contributed by atoms with Crippen LogP contribution in [-0.4, -0.2) is 44.7 Å². The lowest BCUT2D eigenvalue weighted by atomic mass is 10.2. The lowest BCUT2D eigenvalue weighted by Gasteiger charge is -2.13. The number of amides is 1. The van der Waals surface area contributed by atoms with E-state index in [1.54, 1.807) is 13.0 Å². The molecule has 0 bridgehead atoms. The minimum Gasteiger partial charge on any atom is -0.451 e. The summed E-state index contributed by atoms with van der Waals surface area (Å²) < 4.78 is 6.45. The van der Waals surface area contributed by atoms with Gasteiger partial charge < -0.3 is 10.1 Å². The summed E-state index contributed by atoms with van der Waals surface area (Å²) in [5.74, 6) is -0.584. The SMILES string of the molecule is CCC[C@H](C)NC(=O)COC(=O)/C(=C/c1ccccc1)n1nnnc1C. The maximum atomic E-state index is 12.5. The van der Waals surface area contributed by atoms with Crippen LogP contribution in [0, 0.1) is 6.92 Å². The Hall–Kier alpha value is -3.03. The lowest BCUT2D eigenvalue weighted by molar-refractivity contribution is -0.143. The van der Waals surface area contributed by atoms with E-state index >= 15 is 0 Å². The molecular formula is C18H23N5O3. The minimum absolute atomic E-state index is 0.0345. The van der Waals surface area contributed by atoms with Gasteiger partial charge in [-0.05, 0) is 42.3 Å². The molecule has 0 aliphatic heterocycles. The first-order valence-electron chi connectivity index (χ1n) is 8.49. The topological polar surface area (TPSA) is 99.0 Å². The summed E-state index contributed by atoms with van der Waals surface area (Å²) in [6.45, 7) is 5.26. The highest BCUT2D eigenvalue weighted by molar-refractivity contribution is 6.15. The van der Waals surface area contributed by atoms with Crippen LogP contribution in [0.1, 0.15) is 38.1 Å². The minimum atomic E-state index is -0.678. The van der Waals surface area contributed by atoms with Crippen molar-refractivity contribution >= 4 is 23.6 Å². The van der Waals surface area contributed by atoms with Crippen molar-refractivity contribution in [3.63, 3.8) is 0 Å². The summed E-state index contributed by atoms with van der Waals surface area (Å²) >= 11 is 0. The number of esters is 1. The highest BCUT2D eigenvalue weighted by atomic mass is 16.5. The normalized spacial score (nSPS) is 12.5. The Balaban J connectivity index is 2.11. The number of carbonyl (C=O) groups is 2.